The Balaban J connectivity index is 1.97. The largest absolute Gasteiger partial charge is 0.379 e. The van der Waals surface area contributed by atoms with Gasteiger partial charge in [-0.05, 0) is 46.0 Å². The van der Waals surface area contributed by atoms with Crippen LogP contribution < -0.4 is 0 Å². The van der Waals surface area contributed by atoms with Gasteiger partial charge in [-0.2, -0.15) is 0 Å². The zero-order valence-electron chi connectivity index (χ0n) is 9.09. The SMILES string of the molecule is COC(C)(C)[C@H]1CC[C@@]2(C)O[C@H]2C1. The van der Waals surface area contributed by atoms with E-state index in [4.69, 9.17) is 9.47 Å². The molecule has 1 saturated carbocycles. The molecule has 2 aliphatic rings. The lowest BCUT2D eigenvalue weighted by molar-refractivity contribution is -0.0391. The summed E-state index contributed by atoms with van der Waals surface area (Å²) >= 11 is 0. The molecule has 0 aromatic heterocycles. The highest BCUT2D eigenvalue weighted by Crippen LogP contribution is 2.51. The molecular formula is C11H20O2. The van der Waals surface area contributed by atoms with Crippen molar-refractivity contribution in [2.45, 2.75) is 57.3 Å². The lowest BCUT2D eigenvalue weighted by Gasteiger charge is -2.35. The highest BCUT2D eigenvalue weighted by molar-refractivity contribution is 5.05. The third-order valence-corrected chi connectivity index (χ3v) is 4.03. The first kappa shape index (κ1) is 9.47. The van der Waals surface area contributed by atoms with Crippen LogP contribution in [0.2, 0.25) is 0 Å². The van der Waals surface area contributed by atoms with Gasteiger partial charge in [-0.1, -0.05) is 0 Å². The van der Waals surface area contributed by atoms with Crippen molar-refractivity contribution >= 4 is 0 Å². The Morgan fingerprint density at radius 2 is 2.15 bits per heavy atom. The molecule has 2 fully saturated rings. The van der Waals surface area contributed by atoms with Gasteiger partial charge in [-0.15, -0.1) is 0 Å². The molecule has 2 heteroatoms. The lowest BCUT2D eigenvalue weighted by Crippen LogP contribution is -2.38. The summed E-state index contributed by atoms with van der Waals surface area (Å²) in [5.41, 5.74) is 0.258. The molecule has 0 unspecified atom stereocenters. The van der Waals surface area contributed by atoms with Crippen molar-refractivity contribution in [2.24, 2.45) is 5.92 Å². The van der Waals surface area contributed by atoms with Crippen LogP contribution in [-0.2, 0) is 9.47 Å². The first-order chi connectivity index (χ1) is 5.98. The van der Waals surface area contributed by atoms with E-state index in [1.54, 1.807) is 0 Å². The minimum atomic E-state index is 0.0211. The summed E-state index contributed by atoms with van der Waals surface area (Å²) in [7, 11) is 1.81. The molecule has 1 aliphatic carbocycles. The van der Waals surface area contributed by atoms with Crippen LogP contribution >= 0.6 is 0 Å². The van der Waals surface area contributed by atoms with Crippen molar-refractivity contribution < 1.29 is 9.47 Å². The Morgan fingerprint density at radius 3 is 2.69 bits per heavy atom. The Bertz CT molecular complexity index is 212. The average Bonchev–Trinajstić information content (AvgIpc) is 2.75. The van der Waals surface area contributed by atoms with Crippen LogP contribution in [-0.4, -0.2) is 24.4 Å². The molecule has 13 heavy (non-hydrogen) atoms. The molecule has 1 aliphatic heterocycles. The van der Waals surface area contributed by atoms with Gasteiger partial charge in [0.1, 0.15) is 0 Å². The third-order valence-electron chi connectivity index (χ3n) is 4.03. The monoisotopic (exact) mass is 184 g/mol. The van der Waals surface area contributed by atoms with Gasteiger partial charge in [0, 0.05) is 7.11 Å². The smallest absolute Gasteiger partial charge is 0.0920 e. The van der Waals surface area contributed by atoms with E-state index in [-0.39, 0.29) is 11.2 Å². The standard InChI is InChI=1S/C11H20O2/c1-10(2,12-4)8-5-6-11(3)9(7-8)13-11/h8-9H,5-7H2,1-4H3/t8-,9-,11+/m0/s1. The maximum absolute atomic E-state index is 5.68. The topological polar surface area (TPSA) is 21.8 Å². The quantitative estimate of drug-likeness (QED) is 0.614. The molecule has 3 atom stereocenters. The molecule has 0 N–H and O–H groups in total. The zero-order valence-corrected chi connectivity index (χ0v) is 9.09. The summed E-state index contributed by atoms with van der Waals surface area (Å²) in [6.45, 7) is 6.60. The van der Waals surface area contributed by atoms with Crippen molar-refractivity contribution in [3.05, 3.63) is 0 Å². The summed E-state index contributed by atoms with van der Waals surface area (Å²) in [5, 5.41) is 0. The number of hydrogen-bond acceptors (Lipinski definition) is 2. The molecule has 1 saturated heterocycles. The van der Waals surface area contributed by atoms with E-state index >= 15 is 0 Å². The predicted octanol–water partition coefficient (Wildman–Crippen LogP) is 2.37. The molecule has 0 radical (unpaired) electrons. The number of rotatable bonds is 2. The second-order valence-electron chi connectivity index (χ2n) is 5.20. The average molecular weight is 184 g/mol. The number of methoxy groups -OCH3 is 1. The van der Waals surface area contributed by atoms with Gasteiger partial charge in [-0.25, -0.2) is 0 Å². The Kier molecular flexibility index (Phi) is 1.97. The van der Waals surface area contributed by atoms with Crippen molar-refractivity contribution in [1.82, 2.24) is 0 Å². The fourth-order valence-corrected chi connectivity index (χ4v) is 2.44. The maximum Gasteiger partial charge on any atom is 0.0920 e. The van der Waals surface area contributed by atoms with Gasteiger partial charge in [0.2, 0.25) is 0 Å². The van der Waals surface area contributed by atoms with Gasteiger partial charge >= 0.3 is 0 Å². The van der Waals surface area contributed by atoms with E-state index in [0.717, 1.165) is 0 Å². The molecule has 2 nitrogen and oxygen atoms in total. The van der Waals surface area contributed by atoms with E-state index < -0.39 is 0 Å². The minimum absolute atomic E-state index is 0.0211. The van der Waals surface area contributed by atoms with Crippen molar-refractivity contribution in [2.75, 3.05) is 7.11 Å². The van der Waals surface area contributed by atoms with Crippen LogP contribution in [0, 0.1) is 5.92 Å². The van der Waals surface area contributed by atoms with Crippen LogP contribution in [0.3, 0.4) is 0 Å². The molecule has 76 valence electrons. The fraction of sp³-hybridized carbons (Fsp3) is 1.00. The lowest BCUT2D eigenvalue weighted by atomic mass is 9.75. The molecule has 2 rings (SSSR count). The van der Waals surface area contributed by atoms with Gasteiger partial charge in [0.15, 0.2) is 0 Å². The normalized spacial score (nSPS) is 44.3. The van der Waals surface area contributed by atoms with E-state index in [9.17, 15) is 0 Å². The van der Waals surface area contributed by atoms with E-state index in [2.05, 4.69) is 20.8 Å². The molecule has 0 amide bonds. The van der Waals surface area contributed by atoms with E-state index in [1.807, 2.05) is 7.11 Å². The molecule has 0 aromatic rings. The molecule has 0 aromatic carbocycles. The Hall–Kier alpha value is -0.0800. The van der Waals surface area contributed by atoms with E-state index in [0.29, 0.717) is 12.0 Å². The molecule has 0 spiro atoms. The second kappa shape index (κ2) is 2.71. The highest BCUT2D eigenvalue weighted by atomic mass is 16.6. The summed E-state index contributed by atoms with van der Waals surface area (Å²) < 4.78 is 11.2. The highest BCUT2D eigenvalue weighted by Gasteiger charge is 2.57. The summed E-state index contributed by atoms with van der Waals surface area (Å²) in [5.74, 6) is 0.665. The molecule has 1 heterocycles. The van der Waals surface area contributed by atoms with Crippen LogP contribution in [0.1, 0.15) is 40.0 Å². The maximum atomic E-state index is 5.68. The van der Waals surface area contributed by atoms with Gasteiger partial charge < -0.3 is 9.47 Å². The Labute approximate surface area is 80.6 Å². The summed E-state index contributed by atoms with van der Waals surface area (Å²) in [6.07, 6.45) is 4.14. The number of hydrogen-bond donors (Lipinski definition) is 0. The van der Waals surface area contributed by atoms with Crippen molar-refractivity contribution in [1.29, 1.82) is 0 Å². The number of epoxide rings is 1. The zero-order chi connectivity index (χ0) is 9.69. The number of ether oxygens (including phenoxy) is 2. The predicted molar refractivity (Wildman–Crippen MR) is 51.7 cm³/mol. The third kappa shape index (κ3) is 1.50. The Morgan fingerprint density at radius 1 is 1.46 bits per heavy atom. The summed E-state index contributed by atoms with van der Waals surface area (Å²) in [6, 6.07) is 0. The van der Waals surface area contributed by atoms with Crippen molar-refractivity contribution in [3.8, 4) is 0 Å². The minimum Gasteiger partial charge on any atom is -0.379 e. The number of fused-ring (bicyclic) bond motifs is 1. The molecule has 0 bridgehead atoms. The van der Waals surface area contributed by atoms with Crippen molar-refractivity contribution in [3.63, 3.8) is 0 Å². The van der Waals surface area contributed by atoms with E-state index in [1.165, 1.54) is 19.3 Å². The summed E-state index contributed by atoms with van der Waals surface area (Å²) in [4.78, 5) is 0. The molecular weight excluding hydrogens is 164 g/mol. The van der Waals surface area contributed by atoms with Crippen LogP contribution in [0.25, 0.3) is 0 Å². The van der Waals surface area contributed by atoms with Crippen LogP contribution in [0.15, 0.2) is 0 Å². The van der Waals surface area contributed by atoms with Gasteiger partial charge in [0.05, 0.1) is 17.3 Å². The van der Waals surface area contributed by atoms with Gasteiger partial charge in [-0.3, -0.25) is 0 Å². The van der Waals surface area contributed by atoms with Crippen LogP contribution in [0.4, 0.5) is 0 Å². The first-order valence-corrected chi connectivity index (χ1v) is 5.21. The fourth-order valence-electron chi connectivity index (χ4n) is 2.44. The second-order valence-corrected chi connectivity index (χ2v) is 5.20. The first-order valence-electron chi connectivity index (χ1n) is 5.21. The van der Waals surface area contributed by atoms with Gasteiger partial charge in [0.25, 0.3) is 0 Å². The van der Waals surface area contributed by atoms with Crippen LogP contribution in [0.5, 0.6) is 0 Å².